The zero-order valence-corrected chi connectivity index (χ0v) is 14.9. The first-order valence-electron chi connectivity index (χ1n) is 8.91. The molecule has 0 radical (unpaired) electrons. The van der Waals surface area contributed by atoms with Gasteiger partial charge >= 0.3 is 0 Å². The molecular formula is C23H24N2O. The summed E-state index contributed by atoms with van der Waals surface area (Å²) in [7, 11) is 0. The van der Waals surface area contributed by atoms with Crippen LogP contribution in [0.5, 0.6) is 0 Å². The molecular weight excluding hydrogens is 320 g/mol. The Balaban J connectivity index is 1.66. The van der Waals surface area contributed by atoms with Crippen LogP contribution in [0.4, 0.5) is 0 Å². The number of hydrogen-bond donors (Lipinski definition) is 2. The molecule has 0 saturated carbocycles. The van der Waals surface area contributed by atoms with E-state index in [4.69, 9.17) is 0 Å². The number of benzene rings is 3. The quantitative estimate of drug-likeness (QED) is 0.673. The average Bonchev–Trinajstić information content (AvgIpc) is 2.72. The van der Waals surface area contributed by atoms with Crippen LogP contribution in [0.15, 0.2) is 91.0 Å². The summed E-state index contributed by atoms with van der Waals surface area (Å²) in [6, 6.07) is 30.2. The lowest BCUT2D eigenvalue weighted by Gasteiger charge is -2.21. The van der Waals surface area contributed by atoms with Crippen LogP contribution in [0, 0.1) is 0 Å². The van der Waals surface area contributed by atoms with Crippen molar-refractivity contribution >= 4 is 5.91 Å². The molecule has 0 aromatic heterocycles. The number of carbonyl (C=O) groups excluding carboxylic acids is 1. The summed E-state index contributed by atoms with van der Waals surface area (Å²) >= 11 is 0. The molecule has 3 aromatic rings. The predicted molar refractivity (Wildman–Crippen MR) is 106 cm³/mol. The van der Waals surface area contributed by atoms with E-state index < -0.39 is 0 Å². The zero-order chi connectivity index (χ0) is 18.2. The lowest BCUT2D eigenvalue weighted by atomic mass is 9.99. The minimum absolute atomic E-state index is 0.0227. The number of carbonyl (C=O) groups is 1. The Bertz CT molecular complexity index is 764. The second-order valence-electron chi connectivity index (χ2n) is 6.34. The van der Waals surface area contributed by atoms with Crippen molar-refractivity contribution in [2.45, 2.75) is 19.0 Å². The number of rotatable bonds is 7. The maximum Gasteiger partial charge on any atom is 0.234 e. The lowest BCUT2D eigenvalue weighted by molar-refractivity contribution is -0.120. The first-order valence-corrected chi connectivity index (χ1v) is 8.91. The van der Waals surface area contributed by atoms with Crippen molar-refractivity contribution in [3.05, 3.63) is 108 Å². The highest BCUT2D eigenvalue weighted by Gasteiger charge is 2.17. The topological polar surface area (TPSA) is 41.1 Å². The van der Waals surface area contributed by atoms with Crippen LogP contribution in [-0.4, -0.2) is 12.5 Å². The Morgan fingerprint density at radius 1 is 0.731 bits per heavy atom. The highest BCUT2D eigenvalue weighted by atomic mass is 16.2. The molecule has 0 unspecified atom stereocenters. The van der Waals surface area contributed by atoms with E-state index in [-0.39, 0.29) is 24.5 Å². The molecule has 0 aliphatic carbocycles. The average molecular weight is 344 g/mol. The molecule has 1 atom stereocenters. The fourth-order valence-corrected chi connectivity index (χ4v) is 2.97. The van der Waals surface area contributed by atoms with Gasteiger partial charge in [0.15, 0.2) is 0 Å². The molecule has 0 aliphatic rings. The van der Waals surface area contributed by atoms with Crippen molar-refractivity contribution in [3.63, 3.8) is 0 Å². The summed E-state index contributed by atoms with van der Waals surface area (Å²) < 4.78 is 0. The van der Waals surface area contributed by atoms with E-state index in [1.807, 2.05) is 78.9 Å². The summed E-state index contributed by atoms with van der Waals surface area (Å²) in [4.78, 5) is 12.6. The van der Waals surface area contributed by atoms with Crippen LogP contribution in [0.3, 0.4) is 0 Å². The fraction of sp³-hybridized carbons (Fsp3) is 0.174. The van der Waals surface area contributed by atoms with E-state index in [9.17, 15) is 4.79 Å². The van der Waals surface area contributed by atoms with Gasteiger partial charge in [-0.05, 0) is 23.6 Å². The molecule has 0 aliphatic heterocycles. The third-order valence-electron chi connectivity index (χ3n) is 4.44. The smallest absolute Gasteiger partial charge is 0.234 e. The molecule has 0 fully saturated rings. The summed E-state index contributed by atoms with van der Waals surface area (Å²) in [6.07, 6.45) is 0. The molecule has 0 saturated heterocycles. The van der Waals surface area contributed by atoms with Crippen LogP contribution < -0.4 is 10.6 Å². The highest BCUT2D eigenvalue weighted by molar-refractivity contribution is 5.79. The largest absolute Gasteiger partial charge is 0.344 e. The Labute approximate surface area is 155 Å². The van der Waals surface area contributed by atoms with Gasteiger partial charge in [-0.3, -0.25) is 4.79 Å². The SMILES string of the molecule is C[C@@H](NCC(=O)NC(c1ccccc1)c1ccccc1)c1ccccc1. The molecule has 0 bridgehead atoms. The Morgan fingerprint density at radius 3 is 1.62 bits per heavy atom. The molecule has 0 spiro atoms. The lowest BCUT2D eigenvalue weighted by Crippen LogP contribution is -2.37. The van der Waals surface area contributed by atoms with E-state index in [1.165, 1.54) is 5.56 Å². The molecule has 3 rings (SSSR count). The molecule has 2 N–H and O–H groups in total. The van der Waals surface area contributed by atoms with E-state index in [1.54, 1.807) is 0 Å². The summed E-state index contributed by atoms with van der Waals surface area (Å²) in [5, 5.41) is 6.45. The van der Waals surface area contributed by atoms with Crippen LogP contribution in [0.25, 0.3) is 0 Å². The van der Waals surface area contributed by atoms with Gasteiger partial charge in [-0.15, -0.1) is 0 Å². The molecule has 3 aromatic carbocycles. The van der Waals surface area contributed by atoms with Crippen molar-refractivity contribution in [3.8, 4) is 0 Å². The summed E-state index contributed by atoms with van der Waals surface area (Å²) in [5.74, 6) is -0.0227. The van der Waals surface area contributed by atoms with Crippen LogP contribution in [0.2, 0.25) is 0 Å². The van der Waals surface area contributed by atoms with Crippen LogP contribution in [-0.2, 0) is 4.79 Å². The van der Waals surface area contributed by atoms with Gasteiger partial charge in [0.2, 0.25) is 5.91 Å². The highest BCUT2D eigenvalue weighted by Crippen LogP contribution is 2.21. The van der Waals surface area contributed by atoms with Crippen molar-refractivity contribution in [1.82, 2.24) is 10.6 Å². The number of hydrogen-bond acceptors (Lipinski definition) is 2. The summed E-state index contributed by atoms with van der Waals surface area (Å²) in [5.41, 5.74) is 3.31. The Hall–Kier alpha value is -2.91. The van der Waals surface area contributed by atoms with Gasteiger partial charge in [-0.1, -0.05) is 91.0 Å². The first-order chi connectivity index (χ1) is 12.7. The number of nitrogens with one attached hydrogen (secondary N) is 2. The molecule has 0 heterocycles. The zero-order valence-electron chi connectivity index (χ0n) is 14.9. The van der Waals surface area contributed by atoms with Gasteiger partial charge in [0, 0.05) is 6.04 Å². The molecule has 1 amide bonds. The van der Waals surface area contributed by atoms with Crippen molar-refractivity contribution in [2.24, 2.45) is 0 Å². The fourth-order valence-electron chi connectivity index (χ4n) is 2.97. The van der Waals surface area contributed by atoms with E-state index >= 15 is 0 Å². The standard InChI is InChI=1S/C23H24N2O/c1-18(19-11-5-2-6-12-19)24-17-22(26)25-23(20-13-7-3-8-14-20)21-15-9-4-10-16-21/h2-16,18,23-24H,17H2,1H3,(H,25,26)/t18-/m1/s1. The third-order valence-corrected chi connectivity index (χ3v) is 4.44. The first kappa shape index (κ1) is 17.9. The number of amides is 1. The molecule has 26 heavy (non-hydrogen) atoms. The monoisotopic (exact) mass is 344 g/mol. The maximum absolute atomic E-state index is 12.6. The van der Waals surface area contributed by atoms with Gasteiger partial charge in [-0.25, -0.2) is 0 Å². The summed E-state index contributed by atoms with van der Waals surface area (Å²) in [6.45, 7) is 2.33. The normalized spacial score (nSPS) is 11.9. The Morgan fingerprint density at radius 2 is 1.15 bits per heavy atom. The van der Waals surface area contributed by atoms with E-state index in [0.29, 0.717) is 0 Å². The van der Waals surface area contributed by atoms with Crippen molar-refractivity contribution in [1.29, 1.82) is 0 Å². The Kier molecular flexibility index (Phi) is 6.18. The third kappa shape index (κ3) is 4.80. The molecule has 3 nitrogen and oxygen atoms in total. The van der Waals surface area contributed by atoms with E-state index in [2.05, 4.69) is 29.7 Å². The van der Waals surface area contributed by atoms with Gasteiger partial charge < -0.3 is 10.6 Å². The van der Waals surface area contributed by atoms with Crippen LogP contribution in [0.1, 0.15) is 35.7 Å². The van der Waals surface area contributed by atoms with Crippen molar-refractivity contribution in [2.75, 3.05) is 6.54 Å². The van der Waals surface area contributed by atoms with Crippen LogP contribution >= 0.6 is 0 Å². The predicted octanol–water partition coefficient (Wildman–Crippen LogP) is 4.24. The maximum atomic E-state index is 12.6. The minimum atomic E-state index is -0.154. The molecule has 132 valence electrons. The van der Waals surface area contributed by atoms with Gasteiger partial charge in [0.05, 0.1) is 12.6 Å². The second-order valence-corrected chi connectivity index (χ2v) is 6.34. The van der Waals surface area contributed by atoms with Gasteiger partial charge in [0.1, 0.15) is 0 Å². The van der Waals surface area contributed by atoms with Crippen molar-refractivity contribution < 1.29 is 4.79 Å². The van der Waals surface area contributed by atoms with Gasteiger partial charge in [-0.2, -0.15) is 0 Å². The van der Waals surface area contributed by atoms with E-state index in [0.717, 1.165) is 11.1 Å². The molecule has 3 heteroatoms. The minimum Gasteiger partial charge on any atom is -0.344 e. The second kappa shape index (κ2) is 8.97. The van der Waals surface area contributed by atoms with Gasteiger partial charge in [0.25, 0.3) is 0 Å².